The summed E-state index contributed by atoms with van der Waals surface area (Å²) >= 11 is 0. The van der Waals surface area contributed by atoms with Gasteiger partial charge in [0, 0.05) is 6.04 Å². The quantitative estimate of drug-likeness (QED) is 0.708. The third kappa shape index (κ3) is 5.55. The van der Waals surface area contributed by atoms with Crippen molar-refractivity contribution in [3.63, 3.8) is 0 Å². The molecule has 0 aliphatic carbocycles. The van der Waals surface area contributed by atoms with E-state index in [0.717, 1.165) is 6.42 Å². The van der Waals surface area contributed by atoms with E-state index in [2.05, 4.69) is 10.6 Å². The molecule has 2 unspecified atom stereocenters. The maximum atomic E-state index is 11.9. The highest BCUT2D eigenvalue weighted by Crippen LogP contribution is 2.05. The van der Waals surface area contributed by atoms with Gasteiger partial charge < -0.3 is 15.7 Å². The maximum Gasteiger partial charge on any atom is 0.335 e. The van der Waals surface area contributed by atoms with E-state index in [-0.39, 0.29) is 29.8 Å². The molecule has 0 radical (unpaired) electrons. The molecule has 0 saturated heterocycles. The van der Waals surface area contributed by atoms with E-state index >= 15 is 0 Å². The molecular weight excluding hydrogens is 284 g/mol. The number of nitrogens with one attached hydrogen (secondary N) is 2. The molecule has 0 fully saturated rings. The van der Waals surface area contributed by atoms with Crippen LogP contribution in [0.2, 0.25) is 0 Å². The van der Waals surface area contributed by atoms with Crippen LogP contribution in [0.15, 0.2) is 24.3 Å². The summed E-state index contributed by atoms with van der Waals surface area (Å²) in [4.78, 5) is 34.5. The first kappa shape index (κ1) is 17.7. The van der Waals surface area contributed by atoms with E-state index < -0.39 is 12.0 Å². The predicted molar refractivity (Wildman–Crippen MR) is 82.6 cm³/mol. The van der Waals surface area contributed by atoms with Gasteiger partial charge >= 0.3 is 5.97 Å². The largest absolute Gasteiger partial charge is 0.478 e. The lowest BCUT2D eigenvalue weighted by molar-refractivity contribution is -0.128. The Kier molecular flexibility index (Phi) is 6.56. The van der Waals surface area contributed by atoms with Crippen LogP contribution in [0.1, 0.15) is 43.1 Å². The zero-order valence-corrected chi connectivity index (χ0v) is 13.1. The second kappa shape index (κ2) is 8.17. The fraction of sp³-hybridized carbons (Fsp3) is 0.438. The summed E-state index contributed by atoms with van der Waals surface area (Å²) in [5.74, 6) is -1.51. The number of carbonyl (C=O) groups is 3. The third-order valence-electron chi connectivity index (χ3n) is 3.34. The average molecular weight is 306 g/mol. The van der Waals surface area contributed by atoms with Crippen LogP contribution in [0.3, 0.4) is 0 Å². The van der Waals surface area contributed by atoms with Gasteiger partial charge in [-0.2, -0.15) is 0 Å². The Bertz CT molecular complexity index is 540. The number of benzene rings is 1. The highest BCUT2D eigenvalue weighted by atomic mass is 16.4. The third-order valence-corrected chi connectivity index (χ3v) is 3.34. The van der Waals surface area contributed by atoms with Crippen LogP contribution in [0.4, 0.5) is 0 Å². The van der Waals surface area contributed by atoms with E-state index in [1.165, 1.54) is 12.1 Å². The smallest absolute Gasteiger partial charge is 0.335 e. The lowest BCUT2D eigenvalue weighted by Gasteiger charge is -2.17. The summed E-state index contributed by atoms with van der Waals surface area (Å²) in [6.45, 7) is 5.49. The molecule has 1 rings (SSSR count). The zero-order chi connectivity index (χ0) is 16.7. The lowest BCUT2D eigenvalue weighted by Crippen LogP contribution is -2.47. The fourth-order valence-electron chi connectivity index (χ4n) is 1.78. The van der Waals surface area contributed by atoms with Crippen molar-refractivity contribution in [1.29, 1.82) is 0 Å². The fourth-order valence-corrected chi connectivity index (χ4v) is 1.78. The first-order valence-electron chi connectivity index (χ1n) is 7.25. The molecule has 0 saturated carbocycles. The number of hydrogen-bond donors (Lipinski definition) is 3. The van der Waals surface area contributed by atoms with Gasteiger partial charge in [-0.15, -0.1) is 0 Å². The Morgan fingerprint density at radius 1 is 1.09 bits per heavy atom. The average Bonchev–Trinajstić information content (AvgIpc) is 2.47. The predicted octanol–water partition coefficient (Wildman–Crippen LogP) is 1.35. The van der Waals surface area contributed by atoms with E-state index in [4.69, 9.17) is 5.11 Å². The Balaban J connectivity index is 2.51. The van der Waals surface area contributed by atoms with Gasteiger partial charge in [0.05, 0.1) is 12.0 Å². The summed E-state index contributed by atoms with van der Waals surface area (Å²) in [5.41, 5.74) is 0.863. The van der Waals surface area contributed by atoms with Crippen molar-refractivity contribution in [2.45, 2.75) is 45.7 Å². The van der Waals surface area contributed by atoms with Crippen molar-refractivity contribution in [2.75, 3.05) is 0 Å². The molecule has 0 spiro atoms. The lowest BCUT2D eigenvalue weighted by atomic mass is 10.1. The number of carboxylic acids is 1. The van der Waals surface area contributed by atoms with Crippen molar-refractivity contribution in [3.05, 3.63) is 35.4 Å². The summed E-state index contributed by atoms with van der Waals surface area (Å²) in [7, 11) is 0. The van der Waals surface area contributed by atoms with Crippen molar-refractivity contribution in [2.24, 2.45) is 0 Å². The molecule has 1 aromatic rings. The molecule has 0 bridgehead atoms. The second-order valence-corrected chi connectivity index (χ2v) is 5.29. The molecular formula is C16H22N2O4. The minimum atomic E-state index is -1.01. The number of amides is 2. The molecule has 0 aliphatic rings. The Morgan fingerprint density at radius 3 is 2.18 bits per heavy atom. The van der Waals surface area contributed by atoms with Crippen LogP contribution in [0, 0.1) is 0 Å². The van der Waals surface area contributed by atoms with Crippen LogP contribution in [0.25, 0.3) is 0 Å². The molecule has 1 aromatic carbocycles. The molecule has 0 aromatic heterocycles. The number of aromatic carboxylic acids is 1. The van der Waals surface area contributed by atoms with Gasteiger partial charge in [0.25, 0.3) is 0 Å². The van der Waals surface area contributed by atoms with Crippen LogP contribution in [-0.4, -0.2) is 35.0 Å². The molecule has 22 heavy (non-hydrogen) atoms. The van der Waals surface area contributed by atoms with Crippen LogP contribution >= 0.6 is 0 Å². The molecule has 3 N–H and O–H groups in total. The van der Waals surface area contributed by atoms with Crippen LogP contribution in [0.5, 0.6) is 0 Å². The van der Waals surface area contributed by atoms with E-state index in [1.54, 1.807) is 19.1 Å². The van der Waals surface area contributed by atoms with Crippen molar-refractivity contribution in [1.82, 2.24) is 10.6 Å². The van der Waals surface area contributed by atoms with Gasteiger partial charge in [0.1, 0.15) is 6.04 Å². The normalized spacial score (nSPS) is 13.0. The molecule has 6 heteroatoms. The van der Waals surface area contributed by atoms with Crippen LogP contribution < -0.4 is 10.6 Å². The second-order valence-electron chi connectivity index (χ2n) is 5.29. The highest BCUT2D eigenvalue weighted by molar-refractivity contribution is 5.89. The summed E-state index contributed by atoms with van der Waals surface area (Å²) in [6, 6.07) is 5.53. The molecule has 120 valence electrons. The van der Waals surface area contributed by atoms with Gasteiger partial charge in [0.2, 0.25) is 11.8 Å². The number of carbonyl (C=O) groups excluding carboxylic acids is 2. The van der Waals surface area contributed by atoms with Crippen molar-refractivity contribution < 1.29 is 19.5 Å². The molecule has 2 atom stereocenters. The molecule has 0 heterocycles. The van der Waals surface area contributed by atoms with Gasteiger partial charge in [-0.25, -0.2) is 4.79 Å². The van der Waals surface area contributed by atoms with Crippen molar-refractivity contribution in [3.8, 4) is 0 Å². The van der Waals surface area contributed by atoms with Gasteiger partial charge in [-0.05, 0) is 38.0 Å². The summed E-state index contributed by atoms with van der Waals surface area (Å²) in [5, 5.41) is 14.2. The SMILES string of the molecule is CCC(C)NC(=O)C(C)NC(=O)Cc1ccc(C(=O)O)cc1. The number of rotatable bonds is 7. The van der Waals surface area contributed by atoms with Crippen molar-refractivity contribution >= 4 is 17.8 Å². The van der Waals surface area contributed by atoms with Gasteiger partial charge in [-0.1, -0.05) is 19.1 Å². The monoisotopic (exact) mass is 306 g/mol. The highest BCUT2D eigenvalue weighted by Gasteiger charge is 2.17. The number of hydrogen-bond acceptors (Lipinski definition) is 3. The summed E-state index contributed by atoms with van der Waals surface area (Å²) < 4.78 is 0. The van der Waals surface area contributed by atoms with Gasteiger partial charge in [0.15, 0.2) is 0 Å². The first-order valence-corrected chi connectivity index (χ1v) is 7.25. The van der Waals surface area contributed by atoms with Gasteiger partial charge in [-0.3, -0.25) is 9.59 Å². The van der Waals surface area contributed by atoms with E-state index in [1.807, 2.05) is 13.8 Å². The Hall–Kier alpha value is -2.37. The minimum absolute atomic E-state index is 0.0652. The first-order chi connectivity index (χ1) is 10.3. The standard InChI is InChI=1S/C16H22N2O4/c1-4-10(2)17-15(20)11(3)18-14(19)9-12-5-7-13(8-6-12)16(21)22/h5-8,10-11H,4,9H2,1-3H3,(H,17,20)(H,18,19)(H,21,22). The van der Waals surface area contributed by atoms with E-state index in [9.17, 15) is 14.4 Å². The Labute approximate surface area is 129 Å². The Morgan fingerprint density at radius 2 is 1.68 bits per heavy atom. The minimum Gasteiger partial charge on any atom is -0.478 e. The maximum absolute atomic E-state index is 11.9. The van der Waals surface area contributed by atoms with Crippen LogP contribution in [-0.2, 0) is 16.0 Å². The topological polar surface area (TPSA) is 95.5 Å². The zero-order valence-electron chi connectivity index (χ0n) is 13.1. The number of carboxylic acid groups (broad SMARTS) is 1. The molecule has 0 aliphatic heterocycles. The summed E-state index contributed by atoms with van der Waals surface area (Å²) in [6.07, 6.45) is 0.920. The van der Waals surface area contributed by atoms with E-state index in [0.29, 0.717) is 5.56 Å². The molecule has 2 amide bonds. The molecule has 6 nitrogen and oxygen atoms in total.